The zero-order valence-corrected chi connectivity index (χ0v) is 11.6. The fraction of sp³-hybridized carbons (Fsp3) is 0.571. The smallest absolute Gasteiger partial charge is 0.340 e. The van der Waals surface area contributed by atoms with Gasteiger partial charge >= 0.3 is 5.97 Å². The van der Waals surface area contributed by atoms with Crippen LogP contribution < -0.4 is 10.6 Å². The third-order valence-corrected chi connectivity index (χ3v) is 3.30. The molecule has 0 bridgehead atoms. The van der Waals surface area contributed by atoms with Crippen molar-refractivity contribution in [3.05, 3.63) is 17.8 Å². The number of ether oxygens (including phenoxy) is 1. The number of hydrogen-bond donors (Lipinski definition) is 1. The molecule has 2 N–H and O–H groups in total. The van der Waals surface area contributed by atoms with Crippen molar-refractivity contribution in [2.24, 2.45) is 5.92 Å². The molecule has 1 aromatic rings. The SMILES string of the molecule is CCOC(=O)c1cc(N(CC)CC2CC2)ncc1N. The van der Waals surface area contributed by atoms with E-state index in [1.807, 2.05) is 0 Å². The van der Waals surface area contributed by atoms with E-state index in [0.29, 0.717) is 17.9 Å². The largest absolute Gasteiger partial charge is 0.462 e. The van der Waals surface area contributed by atoms with Crippen molar-refractivity contribution in [2.75, 3.05) is 30.3 Å². The first-order valence-electron chi connectivity index (χ1n) is 6.83. The Morgan fingerprint density at radius 2 is 2.26 bits per heavy atom. The molecule has 0 aromatic carbocycles. The predicted molar refractivity (Wildman–Crippen MR) is 75.2 cm³/mol. The molecule has 0 amide bonds. The summed E-state index contributed by atoms with van der Waals surface area (Å²) in [6.07, 6.45) is 4.11. The summed E-state index contributed by atoms with van der Waals surface area (Å²) in [6, 6.07) is 1.74. The number of hydrogen-bond acceptors (Lipinski definition) is 5. The highest BCUT2D eigenvalue weighted by molar-refractivity contribution is 5.95. The van der Waals surface area contributed by atoms with Crippen LogP contribution in [0.25, 0.3) is 0 Å². The number of carbonyl (C=O) groups excluding carboxylic acids is 1. The maximum atomic E-state index is 11.8. The van der Waals surface area contributed by atoms with Gasteiger partial charge in [-0.3, -0.25) is 0 Å². The summed E-state index contributed by atoms with van der Waals surface area (Å²) in [4.78, 5) is 18.3. The minimum absolute atomic E-state index is 0.343. The van der Waals surface area contributed by atoms with Gasteiger partial charge in [-0.15, -0.1) is 0 Å². The van der Waals surface area contributed by atoms with Crippen LogP contribution >= 0.6 is 0 Å². The standard InChI is InChI=1S/C14H21N3O2/c1-3-17(9-10-5-6-10)13-7-11(12(15)8-16-13)14(18)19-4-2/h7-8,10H,3-6,9,15H2,1-2H3. The quantitative estimate of drug-likeness (QED) is 0.796. The van der Waals surface area contributed by atoms with Crippen LogP contribution in [-0.4, -0.2) is 30.6 Å². The number of nitrogens with zero attached hydrogens (tertiary/aromatic N) is 2. The van der Waals surface area contributed by atoms with Gasteiger partial charge in [0.15, 0.2) is 0 Å². The summed E-state index contributed by atoms with van der Waals surface area (Å²) in [6.45, 7) is 6.08. The lowest BCUT2D eigenvalue weighted by atomic mass is 10.2. The molecule has 2 rings (SSSR count). The van der Waals surface area contributed by atoms with Gasteiger partial charge in [0.2, 0.25) is 0 Å². The van der Waals surface area contributed by atoms with E-state index in [9.17, 15) is 4.79 Å². The summed E-state index contributed by atoms with van der Waals surface area (Å²) in [7, 11) is 0. The van der Waals surface area contributed by atoms with E-state index >= 15 is 0 Å². The third-order valence-electron chi connectivity index (χ3n) is 3.30. The van der Waals surface area contributed by atoms with Crippen molar-refractivity contribution < 1.29 is 9.53 Å². The molecular formula is C14H21N3O2. The lowest BCUT2D eigenvalue weighted by molar-refractivity contribution is 0.0527. The first-order valence-corrected chi connectivity index (χ1v) is 6.83. The van der Waals surface area contributed by atoms with Crippen LogP contribution in [0, 0.1) is 5.92 Å². The first-order chi connectivity index (χ1) is 9.15. The number of anilines is 2. The van der Waals surface area contributed by atoms with Gasteiger partial charge in [-0.2, -0.15) is 0 Å². The molecule has 1 heterocycles. The van der Waals surface area contributed by atoms with Crippen LogP contribution in [0.2, 0.25) is 0 Å². The van der Waals surface area contributed by atoms with Gasteiger partial charge in [-0.05, 0) is 38.7 Å². The third kappa shape index (κ3) is 3.36. The molecule has 0 aliphatic heterocycles. The fourth-order valence-electron chi connectivity index (χ4n) is 2.01. The van der Waals surface area contributed by atoms with Gasteiger partial charge in [-0.25, -0.2) is 9.78 Å². The van der Waals surface area contributed by atoms with E-state index in [2.05, 4.69) is 16.8 Å². The molecular weight excluding hydrogens is 242 g/mol. The number of aromatic nitrogens is 1. The zero-order valence-electron chi connectivity index (χ0n) is 11.6. The minimum Gasteiger partial charge on any atom is -0.462 e. The molecule has 0 saturated heterocycles. The highest BCUT2D eigenvalue weighted by atomic mass is 16.5. The summed E-state index contributed by atoms with van der Waals surface area (Å²) in [5.41, 5.74) is 6.56. The topological polar surface area (TPSA) is 68.5 Å². The fourth-order valence-corrected chi connectivity index (χ4v) is 2.01. The van der Waals surface area contributed by atoms with Gasteiger partial charge in [0.25, 0.3) is 0 Å². The van der Waals surface area contributed by atoms with Crippen molar-refractivity contribution in [3.8, 4) is 0 Å². The first kappa shape index (κ1) is 13.6. The average Bonchev–Trinajstić information content (AvgIpc) is 3.21. The second kappa shape index (κ2) is 5.91. The van der Waals surface area contributed by atoms with Crippen molar-refractivity contribution in [1.82, 2.24) is 4.98 Å². The maximum Gasteiger partial charge on any atom is 0.340 e. The van der Waals surface area contributed by atoms with E-state index in [1.54, 1.807) is 13.0 Å². The summed E-state index contributed by atoms with van der Waals surface area (Å²) >= 11 is 0. The van der Waals surface area contributed by atoms with E-state index < -0.39 is 0 Å². The Kier molecular flexibility index (Phi) is 4.24. The van der Waals surface area contributed by atoms with Crippen LogP contribution in [0.3, 0.4) is 0 Å². The van der Waals surface area contributed by atoms with Crippen molar-refractivity contribution >= 4 is 17.5 Å². The van der Waals surface area contributed by atoms with Gasteiger partial charge in [-0.1, -0.05) is 0 Å². The van der Waals surface area contributed by atoms with Crippen LogP contribution in [0.4, 0.5) is 11.5 Å². The van der Waals surface area contributed by atoms with Crippen LogP contribution in [0.15, 0.2) is 12.3 Å². The molecule has 0 unspecified atom stereocenters. The molecule has 1 aromatic heterocycles. The van der Waals surface area contributed by atoms with Crippen molar-refractivity contribution in [1.29, 1.82) is 0 Å². The van der Waals surface area contributed by atoms with Crippen LogP contribution in [-0.2, 0) is 4.74 Å². The second-order valence-electron chi connectivity index (χ2n) is 4.83. The number of esters is 1. The average molecular weight is 263 g/mol. The van der Waals surface area contributed by atoms with E-state index in [0.717, 1.165) is 24.8 Å². The summed E-state index contributed by atoms with van der Waals surface area (Å²) in [5, 5.41) is 0. The summed E-state index contributed by atoms with van der Waals surface area (Å²) in [5.74, 6) is 1.18. The minimum atomic E-state index is -0.383. The van der Waals surface area contributed by atoms with Gasteiger partial charge in [0, 0.05) is 13.1 Å². The molecule has 5 nitrogen and oxygen atoms in total. The Hall–Kier alpha value is -1.78. The van der Waals surface area contributed by atoms with Crippen LogP contribution in [0.5, 0.6) is 0 Å². The lowest BCUT2D eigenvalue weighted by Crippen LogP contribution is -2.26. The summed E-state index contributed by atoms with van der Waals surface area (Å²) < 4.78 is 5.01. The molecule has 5 heteroatoms. The highest BCUT2D eigenvalue weighted by Gasteiger charge is 2.25. The van der Waals surface area contributed by atoms with Gasteiger partial charge < -0.3 is 15.4 Å². The Bertz CT molecular complexity index is 458. The maximum absolute atomic E-state index is 11.8. The van der Waals surface area contributed by atoms with E-state index in [1.165, 1.54) is 19.0 Å². The molecule has 0 atom stereocenters. The molecule has 104 valence electrons. The number of carbonyl (C=O) groups is 1. The molecule has 19 heavy (non-hydrogen) atoms. The monoisotopic (exact) mass is 263 g/mol. The molecule has 1 fully saturated rings. The number of rotatable bonds is 6. The van der Waals surface area contributed by atoms with Crippen molar-refractivity contribution in [2.45, 2.75) is 26.7 Å². The lowest BCUT2D eigenvalue weighted by Gasteiger charge is -2.22. The van der Waals surface area contributed by atoms with Crippen molar-refractivity contribution in [3.63, 3.8) is 0 Å². The number of nitrogen functional groups attached to an aromatic ring is 1. The van der Waals surface area contributed by atoms with E-state index in [-0.39, 0.29) is 5.97 Å². The Balaban J connectivity index is 2.20. The van der Waals surface area contributed by atoms with E-state index in [4.69, 9.17) is 10.5 Å². The normalized spacial score (nSPS) is 14.2. The van der Waals surface area contributed by atoms with Gasteiger partial charge in [0.05, 0.1) is 24.1 Å². The second-order valence-corrected chi connectivity index (χ2v) is 4.83. The Morgan fingerprint density at radius 1 is 1.53 bits per heavy atom. The Morgan fingerprint density at radius 3 is 2.84 bits per heavy atom. The molecule has 1 aliphatic rings. The molecule has 1 aliphatic carbocycles. The van der Waals surface area contributed by atoms with Crippen LogP contribution in [0.1, 0.15) is 37.0 Å². The highest BCUT2D eigenvalue weighted by Crippen LogP contribution is 2.31. The zero-order chi connectivity index (χ0) is 13.8. The number of pyridine rings is 1. The predicted octanol–water partition coefficient (Wildman–Crippen LogP) is 2.08. The Labute approximate surface area is 113 Å². The van der Waals surface area contributed by atoms with Gasteiger partial charge in [0.1, 0.15) is 5.82 Å². The molecule has 0 radical (unpaired) electrons. The molecule has 1 saturated carbocycles. The number of nitrogens with two attached hydrogens (primary N) is 1. The molecule has 0 spiro atoms.